The Kier molecular flexibility index (Phi) is 19.7. The standard InChI is InChI=1S/C28H52N3O8PS.H3N/c29-27-17-18-31(28(33)30-27)22-26(23-32)38-24-40(34,35)39-19-13-21-41(36,37)20-11-9-7-5-3-1-2-4-6-8-10-14-25-15-12-16-25;/h17-18,25-26,32H,1-16,19-24H2,(H,34,35)(H2,29,30,33);1H3/t26-;/m0./s1. The smallest absolute Gasteiger partial charge is 0.353 e. The molecule has 14 heteroatoms. The second kappa shape index (κ2) is 21.4. The molecule has 1 fully saturated rings. The number of nitrogens with two attached hydrogens (primary N) is 1. The number of aliphatic hydroxyl groups excluding tert-OH is 1. The lowest BCUT2D eigenvalue weighted by Gasteiger charge is -2.24. The number of ether oxygens (including phenoxy) is 1. The van der Waals surface area contributed by atoms with Crippen LogP contribution in [-0.4, -0.2) is 65.1 Å². The van der Waals surface area contributed by atoms with E-state index in [-0.39, 0.29) is 43.0 Å². The average molecular weight is 639 g/mol. The summed E-state index contributed by atoms with van der Waals surface area (Å²) in [6, 6.07) is 1.41. The van der Waals surface area contributed by atoms with Gasteiger partial charge in [0.2, 0.25) is 0 Å². The molecule has 1 aromatic heterocycles. The highest BCUT2D eigenvalue weighted by Gasteiger charge is 2.23. The third-order valence-corrected chi connectivity index (χ3v) is 10.5. The summed E-state index contributed by atoms with van der Waals surface area (Å²) in [7, 11) is -7.42. The van der Waals surface area contributed by atoms with Crippen LogP contribution >= 0.6 is 7.60 Å². The highest BCUT2D eigenvalue weighted by atomic mass is 32.2. The fourth-order valence-electron chi connectivity index (χ4n) is 4.92. The SMILES string of the molecule is N.Nc1ccn(C[C@@H](CO)OCP(=O)(O)OCCCS(=O)(=O)CCCCCCCCCCCCCC2CCC2)c(=O)n1. The molecule has 1 unspecified atom stereocenters. The lowest BCUT2D eigenvalue weighted by Crippen LogP contribution is -2.32. The minimum atomic E-state index is -4.17. The molecule has 1 aliphatic rings. The third kappa shape index (κ3) is 17.7. The van der Waals surface area contributed by atoms with Crippen LogP contribution in [0.5, 0.6) is 0 Å². The van der Waals surface area contributed by atoms with E-state index in [0.717, 1.165) is 29.7 Å². The number of anilines is 1. The number of hydrogen-bond donors (Lipinski definition) is 4. The molecule has 42 heavy (non-hydrogen) atoms. The Balaban J connectivity index is 0.00000882. The molecule has 0 saturated heterocycles. The minimum absolute atomic E-state index is 0. The molecule has 0 radical (unpaired) electrons. The maximum atomic E-state index is 12.3. The van der Waals surface area contributed by atoms with Crippen LogP contribution in [0.1, 0.15) is 103 Å². The Bertz CT molecular complexity index is 1070. The van der Waals surface area contributed by atoms with Gasteiger partial charge in [-0.05, 0) is 24.8 Å². The Morgan fingerprint density at radius 2 is 1.57 bits per heavy atom. The van der Waals surface area contributed by atoms with Crippen LogP contribution in [0.25, 0.3) is 0 Å². The molecule has 2 atom stereocenters. The normalized spacial score (nSPS) is 16.0. The van der Waals surface area contributed by atoms with Gasteiger partial charge in [-0.2, -0.15) is 4.98 Å². The van der Waals surface area contributed by atoms with Crippen molar-refractivity contribution >= 4 is 23.3 Å². The van der Waals surface area contributed by atoms with E-state index in [4.69, 9.17) is 15.0 Å². The van der Waals surface area contributed by atoms with E-state index < -0.39 is 42.2 Å². The van der Waals surface area contributed by atoms with Gasteiger partial charge < -0.3 is 31.1 Å². The first-order valence-corrected chi connectivity index (χ1v) is 18.9. The average Bonchev–Trinajstić information content (AvgIpc) is 2.89. The van der Waals surface area contributed by atoms with Crippen LogP contribution in [0.4, 0.5) is 5.82 Å². The Labute approximate surface area is 251 Å². The number of hydrogen-bond acceptors (Lipinski definition) is 10. The molecular formula is C28H55N4O8PS. The van der Waals surface area contributed by atoms with E-state index in [2.05, 4.69) is 4.98 Å². The molecule has 7 N–H and O–H groups in total. The van der Waals surface area contributed by atoms with Crippen molar-refractivity contribution in [3.63, 3.8) is 0 Å². The molecule has 1 aromatic rings. The zero-order valence-electron chi connectivity index (χ0n) is 25.2. The third-order valence-electron chi connectivity index (χ3n) is 7.66. The fraction of sp³-hybridized carbons (Fsp3) is 0.857. The summed E-state index contributed by atoms with van der Waals surface area (Å²) in [6.07, 6.45) is 18.6. The molecule has 2 rings (SSSR count). The number of nitrogens with zero attached hydrogens (tertiary/aromatic N) is 2. The van der Waals surface area contributed by atoms with Gasteiger partial charge in [-0.3, -0.25) is 9.13 Å². The van der Waals surface area contributed by atoms with Crippen LogP contribution in [0.3, 0.4) is 0 Å². The van der Waals surface area contributed by atoms with Crippen molar-refractivity contribution < 1.29 is 32.2 Å². The van der Waals surface area contributed by atoms with Gasteiger partial charge in [0.1, 0.15) is 22.0 Å². The molecule has 1 heterocycles. The van der Waals surface area contributed by atoms with Gasteiger partial charge in [0.15, 0.2) is 0 Å². The second-order valence-corrected chi connectivity index (χ2v) is 15.4. The summed E-state index contributed by atoms with van der Waals surface area (Å²) in [4.78, 5) is 25.4. The molecule has 0 aliphatic heterocycles. The van der Waals surface area contributed by atoms with E-state index in [1.54, 1.807) is 0 Å². The van der Waals surface area contributed by atoms with Crippen molar-refractivity contribution in [2.45, 2.75) is 115 Å². The number of aliphatic hydroxyl groups is 1. The first-order valence-electron chi connectivity index (χ1n) is 15.3. The summed E-state index contributed by atoms with van der Waals surface area (Å²) >= 11 is 0. The van der Waals surface area contributed by atoms with Crippen LogP contribution in [0.15, 0.2) is 17.1 Å². The molecule has 1 saturated carbocycles. The summed E-state index contributed by atoms with van der Waals surface area (Å²) in [5, 5.41) is 9.48. The van der Waals surface area contributed by atoms with E-state index >= 15 is 0 Å². The number of unbranched alkanes of at least 4 members (excludes halogenated alkanes) is 10. The Morgan fingerprint density at radius 1 is 1.00 bits per heavy atom. The molecular weight excluding hydrogens is 583 g/mol. The summed E-state index contributed by atoms with van der Waals surface area (Å²) in [5.74, 6) is 1.09. The lowest BCUT2D eigenvalue weighted by atomic mass is 9.81. The monoisotopic (exact) mass is 638 g/mol. The van der Waals surface area contributed by atoms with Gasteiger partial charge in [-0.1, -0.05) is 89.9 Å². The minimum Gasteiger partial charge on any atom is -0.394 e. The molecule has 0 aromatic carbocycles. The number of aromatic nitrogens is 2. The van der Waals surface area contributed by atoms with E-state index in [1.165, 1.54) is 82.9 Å². The van der Waals surface area contributed by atoms with Crippen LogP contribution < -0.4 is 17.6 Å². The van der Waals surface area contributed by atoms with Crippen LogP contribution in [-0.2, 0) is 30.2 Å². The number of nitrogen functional groups attached to an aromatic ring is 1. The fourth-order valence-corrected chi connectivity index (χ4v) is 7.21. The molecule has 0 amide bonds. The van der Waals surface area contributed by atoms with Gasteiger partial charge in [-0.25, -0.2) is 13.2 Å². The summed E-state index contributed by atoms with van der Waals surface area (Å²) in [6.45, 7) is -0.807. The largest absolute Gasteiger partial charge is 0.394 e. The lowest BCUT2D eigenvalue weighted by molar-refractivity contribution is 0.0168. The Morgan fingerprint density at radius 3 is 2.12 bits per heavy atom. The zero-order chi connectivity index (χ0) is 30.0. The number of rotatable bonds is 25. The van der Waals surface area contributed by atoms with Crippen molar-refractivity contribution in [3.8, 4) is 0 Å². The van der Waals surface area contributed by atoms with Crippen molar-refractivity contribution in [1.82, 2.24) is 15.7 Å². The maximum Gasteiger partial charge on any atom is 0.353 e. The van der Waals surface area contributed by atoms with E-state index in [0.29, 0.717) is 6.42 Å². The molecule has 246 valence electrons. The van der Waals surface area contributed by atoms with Crippen LogP contribution in [0.2, 0.25) is 0 Å². The van der Waals surface area contributed by atoms with E-state index in [1.807, 2.05) is 0 Å². The second-order valence-electron chi connectivity index (χ2n) is 11.3. The van der Waals surface area contributed by atoms with Gasteiger partial charge in [-0.15, -0.1) is 0 Å². The molecule has 0 bridgehead atoms. The maximum absolute atomic E-state index is 12.3. The topological polar surface area (TPSA) is 206 Å². The van der Waals surface area contributed by atoms with Crippen molar-refractivity contribution in [2.75, 3.05) is 36.8 Å². The van der Waals surface area contributed by atoms with Gasteiger partial charge in [0, 0.05) is 6.20 Å². The number of sulfone groups is 1. The first-order chi connectivity index (χ1) is 19.6. The van der Waals surface area contributed by atoms with Crippen LogP contribution in [0, 0.1) is 5.92 Å². The quantitative estimate of drug-likeness (QED) is 0.0844. The Hall–Kier alpha value is -1.34. The van der Waals surface area contributed by atoms with E-state index in [9.17, 15) is 27.8 Å². The highest BCUT2D eigenvalue weighted by Crippen LogP contribution is 2.42. The predicted molar refractivity (Wildman–Crippen MR) is 167 cm³/mol. The molecule has 12 nitrogen and oxygen atoms in total. The summed E-state index contributed by atoms with van der Waals surface area (Å²) in [5.41, 5.74) is 4.80. The molecule has 1 aliphatic carbocycles. The zero-order valence-corrected chi connectivity index (χ0v) is 27.0. The van der Waals surface area contributed by atoms with Gasteiger partial charge in [0.05, 0.1) is 37.4 Å². The summed E-state index contributed by atoms with van der Waals surface area (Å²) < 4.78 is 48.2. The van der Waals surface area contributed by atoms with Gasteiger partial charge >= 0.3 is 13.3 Å². The first kappa shape index (κ1) is 38.7. The van der Waals surface area contributed by atoms with Crippen molar-refractivity contribution in [3.05, 3.63) is 22.7 Å². The predicted octanol–water partition coefficient (Wildman–Crippen LogP) is 4.81. The van der Waals surface area contributed by atoms with Crippen molar-refractivity contribution in [1.29, 1.82) is 0 Å². The molecule has 0 spiro atoms. The van der Waals surface area contributed by atoms with Crippen molar-refractivity contribution in [2.24, 2.45) is 5.92 Å². The highest BCUT2D eigenvalue weighted by molar-refractivity contribution is 7.91. The van der Waals surface area contributed by atoms with Gasteiger partial charge in [0.25, 0.3) is 0 Å².